The van der Waals surface area contributed by atoms with Gasteiger partial charge in [-0.2, -0.15) is 0 Å². The van der Waals surface area contributed by atoms with Gasteiger partial charge in [-0.3, -0.25) is 4.79 Å². The van der Waals surface area contributed by atoms with E-state index in [-0.39, 0.29) is 24.7 Å². The molecule has 0 radical (unpaired) electrons. The lowest BCUT2D eigenvalue weighted by Crippen LogP contribution is -2.26. The zero-order valence-electron chi connectivity index (χ0n) is 8.91. The van der Waals surface area contributed by atoms with Crippen molar-refractivity contribution < 1.29 is 13.9 Å². The van der Waals surface area contributed by atoms with Crippen LogP contribution >= 0.6 is 0 Å². The Kier molecular flexibility index (Phi) is 3.39. The predicted octanol–water partition coefficient (Wildman–Crippen LogP) is 1.87. The summed E-state index contributed by atoms with van der Waals surface area (Å²) in [5, 5.41) is 2.84. The molecule has 86 valence electrons. The van der Waals surface area contributed by atoms with E-state index in [2.05, 4.69) is 5.32 Å². The van der Waals surface area contributed by atoms with Gasteiger partial charge in [0.2, 0.25) is 5.91 Å². The largest absolute Gasteiger partial charge is 0.490 e. The van der Waals surface area contributed by atoms with Crippen molar-refractivity contribution in [3.8, 4) is 5.75 Å². The number of hydrogen-bond donors (Lipinski definition) is 1. The lowest BCUT2D eigenvalue weighted by molar-refractivity contribution is -0.121. The van der Waals surface area contributed by atoms with Gasteiger partial charge < -0.3 is 10.1 Å². The second-order valence-corrected chi connectivity index (χ2v) is 3.87. The lowest BCUT2D eigenvalue weighted by atomic mass is 10.3. The third-order valence-corrected chi connectivity index (χ3v) is 2.37. The van der Waals surface area contributed by atoms with E-state index in [0.29, 0.717) is 6.04 Å². The van der Waals surface area contributed by atoms with Crippen LogP contribution in [-0.2, 0) is 4.79 Å². The molecule has 2 rings (SSSR count). The molecule has 0 atom stereocenters. The molecule has 1 amide bonds. The molecule has 1 aliphatic rings. The minimum absolute atomic E-state index is 0.0289. The third-order valence-electron chi connectivity index (χ3n) is 2.37. The Hall–Kier alpha value is -1.58. The summed E-state index contributed by atoms with van der Waals surface area (Å²) in [6, 6.07) is 6.54. The number of ether oxygens (including phenoxy) is 1. The van der Waals surface area contributed by atoms with E-state index in [4.69, 9.17) is 4.74 Å². The van der Waals surface area contributed by atoms with Gasteiger partial charge >= 0.3 is 0 Å². The zero-order chi connectivity index (χ0) is 11.4. The van der Waals surface area contributed by atoms with E-state index in [1.54, 1.807) is 18.2 Å². The average molecular weight is 223 g/mol. The van der Waals surface area contributed by atoms with Crippen LogP contribution in [0.2, 0.25) is 0 Å². The summed E-state index contributed by atoms with van der Waals surface area (Å²) in [6.07, 6.45) is 2.41. The highest BCUT2D eigenvalue weighted by atomic mass is 19.1. The Morgan fingerprint density at radius 3 is 2.88 bits per heavy atom. The van der Waals surface area contributed by atoms with Crippen LogP contribution in [0.1, 0.15) is 19.3 Å². The molecule has 1 N–H and O–H groups in total. The van der Waals surface area contributed by atoms with Gasteiger partial charge in [-0.1, -0.05) is 12.1 Å². The van der Waals surface area contributed by atoms with E-state index < -0.39 is 5.82 Å². The van der Waals surface area contributed by atoms with Gasteiger partial charge in [0.05, 0.1) is 13.0 Å². The van der Waals surface area contributed by atoms with Crippen LogP contribution in [0.25, 0.3) is 0 Å². The second-order valence-electron chi connectivity index (χ2n) is 3.87. The van der Waals surface area contributed by atoms with Gasteiger partial charge in [0.15, 0.2) is 11.6 Å². The van der Waals surface area contributed by atoms with Crippen LogP contribution in [-0.4, -0.2) is 18.6 Å². The number of nitrogens with one attached hydrogen (secondary N) is 1. The normalized spacial score (nSPS) is 14.6. The first-order valence-electron chi connectivity index (χ1n) is 5.42. The molecule has 1 fully saturated rings. The molecule has 0 saturated heterocycles. The van der Waals surface area contributed by atoms with Crippen LogP contribution in [0.5, 0.6) is 5.75 Å². The maximum absolute atomic E-state index is 13.1. The summed E-state index contributed by atoms with van der Waals surface area (Å²) in [7, 11) is 0. The highest BCUT2D eigenvalue weighted by Gasteiger charge is 2.22. The monoisotopic (exact) mass is 223 g/mol. The summed E-state index contributed by atoms with van der Waals surface area (Å²) in [4.78, 5) is 11.3. The number of hydrogen-bond acceptors (Lipinski definition) is 2. The van der Waals surface area contributed by atoms with Crippen molar-refractivity contribution in [2.75, 3.05) is 6.61 Å². The van der Waals surface area contributed by atoms with Crippen LogP contribution in [0, 0.1) is 5.82 Å². The molecule has 0 heterocycles. The number of carbonyl (C=O) groups excluding carboxylic acids is 1. The van der Waals surface area contributed by atoms with E-state index in [1.807, 2.05) is 0 Å². The van der Waals surface area contributed by atoms with Gasteiger partial charge in [0, 0.05) is 6.04 Å². The topological polar surface area (TPSA) is 38.3 Å². The van der Waals surface area contributed by atoms with Crippen LogP contribution in [0.3, 0.4) is 0 Å². The number of amides is 1. The second kappa shape index (κ2) is 4.96. The van der Waals surface area contributed by atoms with Crippen molar-refractivity contribution in [3.63, 3.8) is 0 Å². The molecule has 4 heteroatoms. The molecule has 0 unspecified atom stereocenters. The van der Waals surface area contributed by atoms with Gasteiger partial charge in [0.25, 0.3) is 0 Å². The summed E-state index contributed by atoms with van der Waals surface area (Å²) >= 11 is 0. The summed E-state index contributed by atoms with van der Waals surface area (Å²) in [5.74, 6) is -0.231. The van der Waals surface area contributed by atoms with Crippen molar-refractivity contribution in [1.82, 2.24) is 5.32 Å². The SMILES string of the molecule is O=C(CCOc1ccccc1F)NC1CC1. The average Bonchev–Trinajstić information content (AvgIpc) is 3.05. The van der Waals surface area contributed by atoms with Crippen LogP contribution < -0.4 is 10.1 Å². The van der Waals surface area contributed by atoms with Gasteiger partial charge in [-0.25, -0.2) is 4.39 Å². The van der Waals surface area contributed by atoms with Crippen molar-refractivity contribution in [3.05, 3.63) is 30.1 Å². The third kappa shape index (κ3) is 3.22. The fraction of sp³-hybridized carbons (Fsp3) is 0.417. The quantitative estimate of drug-likeness (QED) is 0.827. The molecule has 1 aromatic carbocycles. The number of rotatable bonds is 5. The van der Waals surface area contributed by atoms with Gasteiger partial charge in [-0.15, -0.1) is 0 Å². The van der Waals surface area contributed by atoms with E-state index in [0.717, 1.165) is 12.8 Å². The molecular weight excluding hydrogens is 209 g/mol. The van der Waals surface area contributed by atoms with Crippen LogP contribution in [0.4, 0.5) is 4.39 Å². The number of benzene rings is 1. The van der Waals surface area contributed by atoms with E-state index in [9.17, 15) is 9.18 Å². The molecule has 1 aromatic rings. The van der Waals surface area contributed by atoms with Crippen molar-refractivity contribution in [2.24, 2.45) is 0 Å². The van der Waals surface area contributed by atoms with Crippen molar-refractivity contribution >= 4 is 5.91 Å². The summed E-state index contributed by atoms with van der Waals surface area (Å²) in [6.45, 7) is 0.208. The van der Waals surface area contributed by atoms with Gasteiger partial charge in [0.1, 0.15) is 0 Å². The Balaban J connectivity index is 1.70. The Labute approximate surface area is 93.6 Å². The molecular formula is C12H14FNO2. The lowest BCUT2D eigenvalue weighted by Gasteiger charge is -2.07. The van der Waals surface area contributed by atoms with Crippen LogP contribution in [0.15, 0.2) is 24.3 Å². The Morgan fingerprint density at radius 1 is 1.44 bits per heavy atom. The highest BCUT2D eigenvalue weighted by Crippen LogP contribution is 2.19. The first-order chi connectivity index (χ1) is 7.75. The maximum Gasteiger partial charge on any atom is 0.223 e. The van der Waals surface area contributed by atoms with Crippen molar-refractivity contribution in [1.29, 1.82) is 0 Å². The standard InChI is InChI=1S/C12H14FNO2/c13-10-3-1-2-4-11(10)16-8-7-12(15)14-9-5-6-9/h1-4,9H,5-8H2,(H,14,15). The predicted molar refractivity (Wildman–Crippen MR) is 57.7 cm³/mol. The Bertz CT molecular complexity index is 377. The Morgan fingerprint density at radius 2 is 2.19 bits per heavy atom. The molecule has 3 nitrogen and oxygen atoms in total. The zero-order valence-corrected chi connectivity index (χ0v) is 8.91. The van der Waals surface area contributed by atoms with E-state index in [1.165, 1.54) is 6.07 Å². The molecule has 0 aromatic heterocycles. The first kappa shape index (κ1) is 10.9. The number of carbonyl (C=O) groups is 1. The minimum Gasteiger partial charge on any atom is -0.490 e. The fourth-order valence-electron chi connectivity index (χ4n) is 1.34. The summed E-state index contributed by atoms with van der Waals surface area (Å²) < 4.78 is 18.3. The smallest absolute Gasteiger partial charge is 0.223 e. The van der Waals surface area contributed by atoms with Gasteiger partial charge in [-0.05, 0) is 25.0 Å². The fourth-order valence-corrected chi connectivity index (χ4v) is 1.34. The van der Waals surface area contributed by atoms with Crippen molar-refractivity contribution in [2.45, 2.75) is 25.3 Å². The molecule has 16 heavy (non-hydrogen) atoms. The number of halogens is 1. The minimum atomic E-state index is -0.398. The molecule has 0 aliphatic heterocycles. The van der Waals surface area contributed by atoms with E-state index >= 15 is 0 Å². The number of para-hydroxylation sites is 1. The molecule has 0 bridgehead atoms. The first-order valence-corrected chi connectivity index (χ1v) is 5.42. The molecule has 0 spiro atoms. The summed E-state index contributed by atoms with van der Waals surface area (Å²) in [5.41, 5.74) is 0. The maximum atomic E-state index is 13.1. The molecule has 1 saturated carbocycles. The highest BCUT2D eigenvalue weighted by molar-refractivity contribution is 5.76. The molecule has 1 aliphatic carbocycles.